The van der Waals surface area contributed by atoms with Gasteiger partial charge in [0.1, 0.15) is 0 Å². The minimum Gasteiger partial charge on any atom is -0.478 e. The van der Waals surface area contributed by atoms with Crippen LogP contribution in [-0.2, 0) is 6.54 Å². The fraction of sp³-hybridized carbons (Fsp3) is 0.152. The summed E-state index contributed by atoms with van der Waals surface area (Å²) in [7, 11) is 0. The molecule has 0 saturated carbocycles. The van der Waals surface area contributed by atoms with Crippen molar-refractivity contribution in [2.24, 2.45) is 0 Å². The third kappa shape index (κ3) is 3.88. The molecule has 1 aliphatic heterocycles. The van der Waals surface area contributed by atoms with Crippen LogP contribution in [0.25, 0.3) is 33.3 Å². The molecule has 6 rings (SSSR count). The summed E-state index contributed by atoms with van der Waals surface area (Å²) in [6, 6.07) is 29.5. The Bertz CT molecular complexity index is 1720. The maximum absolute atomic E-state index is 13.3. The average molecular weight is 501 g/mol. The van der Waals surface area contributed by atoms with Crippen LogP contribution in [0, 0.1) is 6.92 Å². The molecule has 188 valence electrons. The Morgan fingerprint density at radius 3 is 2.45 bits per heavy atom. The minimum atomic E-state index is -0.955. The minimum absolute atomic E-state index is 0.0767. The lowest BCUT2D eigenvalue weighted by atomic mass is 9.91. The van der Waals surface area contributed by atoms with Gasteiger partial charge in [-0.15, -0.1) is 0 Å². The number of benzene rings is 4. The summed E-state index contributed by atoms with van der Waals surface area (Å²) < 4.78 is 2.19. The van der Waals surface area contributed by atoms with Crippen molar-refractivity contribution in [3.8, 4) is 22.4 Å². The number of carbonyl (C=O) groups is 2. The molecule has 0 fully saturated rings. The zero-order chi connectivity index (χ0) is 26.4. The van der Waals surface area contributed by atoms with E-state index in [1.807, 2.05) is 79.7 Å². The van der Waals surface area contributed by atoms with Crippen LogP contribution in [0.15, 0.2) is 91.0 Å². The van der Waals surface area contributed by atoms with Crippen LogP contribution in [0.4, 0.5) is 0 Å². The van der Waals surface area contributed by atoms with Gasteiger partial charge in [-0.3, -0.25) is 4.79 Å². The van der Waals surface area contributed by atoms with Crippen molar-refractivity contribution >= 4 is 22.8 Å². The Kier molecular flexibility index (Phi) is 5.84. The predicted molar refractivity (Wildman–Crippen MR) is 151 cm³/mol. The molecule has 2 N–H and O–H groups in total. The van der Waals surface area contributed by atoms with Gasteiger partial charge in [-0.2, -0.15) is 0 Å². The van der Waals surface area contributed by atoms with E-state index in [9.17, 15) is 14.7 Å². The van der Waals surface area contributed by atoms with Gasteiger partial charge in [0.15, 0.2) is 0 Å². The van der Waals surface area contributed by atoms with Gasteiger partial charge < -0.3 is 15.0 Å². The number of fused-ring (bicyclic) bond motifs is 8. The van der Waals surface area contributed by atoms with E-state index in [4.69, 9.17) is 0 Å². The summed E-state index contributed by atoms with van der Waals surface area (Å²) in [6.45, 7) is 4.68. The van der Waals surface area contributed by atoms with Crippen molar-refractivity contribution in [1.29, 1.82) is 0 Å². The smallest absolute Gasteiger partial charge is 0.336 e. The fourth-order valence-electron chi connectivity index (χ4n) is 5.73. The third-order valence-corrected chi connectivity index (χ3v) is 7.66. The van der Waals surface area contributed by atoms with E-state index in [0.29, 0.717) is 17.7 Å². The van der Waals surface area contributed by atoms with Gasteiger partial charge in [-0.25, -0.2) is 4.79 Å². The number of aromatic carboxylic acids is 1. The van der Waals surface area contributed by atoms with Crippen molar-refractivity contribution in [3.05, 3.63) is 119 Å². The van der Waals surface area contributed by atoms with Gasteiger partial charge in [0.05, 0.1) is 17.3 Å². The lowest BCUT2D eigenvalue weighted by molar-refractivity contribution is 0.0697. The van der Waals surface area contributed by atoms with E-state index < -0.39 is 5.97 Å². The normalized spacial score (nSPS) is 12.7. The summed E-state index contributed by atoms with van der Waals surface area (Å²) in [4.78, 5) is 25.6. The molecule has 1 amide bonds. The number of carbonyl (C=O) groups excluding carboxylic acids is 1. The number of aromatic nitrogens is 1. The number of rotatable bonds is 5. The summed E-state index contributed by atoms with van der Waals surface area (Å²) in [6.07, 6.45) is 0.783. The molecule has 0 unspecified atom stereocenters. The molecule has 38 heavy (non-hydrogen) atoms. The van der Waals surface area contributed by atoms with E-state index in [1.54, 1.807) is 6.07 Å². The Labute approximate surface area is 221 Å². The van der Waals surface area contributed by atoms with Crippen molar-refractivity contribution in [1.82, 2.24) is 9.88 Å². The van der Waals surface area contributed by atoms with Crippen LogP contribution >= 0.6 is 0 Å². The van der Waals surface area contributed by atoms with Gasteiger partial charge in [0.2, 0.25) is 0 Å². The number of aryl methyl sites for hydroxylation is 1. The zero-order valence-corrected chi connectivity index (χ0v) is 21.4. The van der Waals surface area contributed by atoms with Gasteiger partial charge in [0.25, 0.3) is 5.91 Å². The standard InChI is InChI=1S/C33H28N2O3/c1-3-29(21-9-5-4-6-10-21)34-32(36)23-14-16-30-27(18-23)20(2)31-28-17-22(13-15-26(28)33(37)38)25-12-8-7-11-24(25)19-35(30)31/h4-18,29H,3,19H2,1-2H3,(H,34,36)(H,37,38)/t29-/m1/s1. The number of amides is 1. The van der Waals surface area contributed by atoms with Crippen LogP contribution in [-0.4, -0.2) is 21.6 Å². The summed E-state index contributed by atoms with van der Waals surface area (Å²) in [5.74, 6) is -1.08. The number of carboxylic acid groups (broad SMARTS) is 1. The van der Waals surface area contributed by atoms with Crippen LogP contribution in [0.5, 0.6) is 0 Å². The van der Waals surface area contributed by atoms with Crippen molar-refractivity contribution in [2.45, 2.75) is 32.9 Å². The Balaban J connectivity index is 1.49. The van der Waals surface area contributed by atoms with Crippen LogP contribution in [0.2, 0.25) is 0 Å². The molecule has 4 aromatic carbocycles. The molecule has 1 aliphatic rings. The van der Waals surface area contributed by atoms with Crippen molar-refractivity contribution in [3.63, 3.8) is 0 Å². The first-order chi connectivity index (χ1) is 18.5. The Morgan fingerprint density at radius 2 is 1.68 bits per heavy atom. The SMILES string of the molecule is CC[C@@H](NC(=O)c1ccc2c(c1)c(C)c1n2Cc2ccccc2-c2ccc(C(=O)O)c-1c2)c1ccccc1. The van der Waals surface area contributed by atoms with Gasteiger partial charge in [-0.05, 0) is 71.5 Å². The molecule has 1 aromatic heterocycles. The maximum atomic E-state index is 13.3. The number of nitrogens with zero attached hydrogens (tertiary/aromatic N) is 1. The molecular weight excluding hydrogens is 472 g/mol. The van der Waals surface area contributed by atoms with Crippen molar-refractivity contribution < 1.29 is 14.7 Å². The molecule has 0 saturated heterocycles. The zero-order valence-electron chi connectivity index (χ0n) is 21.4. The molecule has 5 aromatic rings. The number of hydrogen-bond donors (Lipinski definition) is 2. The van der Waals surface area contributed by atoms with Crippen molar-refractivity contribution in [2.75, 3.05) is 0 Å². The summed E-state index contributed by atoms with van der Waals surface area (Å²) in [5, 5.41) is 14.1. The molecule has 0 spiro atoms. The highest BCUT2D eigenvalue weighted by atomic mass is 16.4. The third-order valence-electron chi connectivity index (χ3n) is 7.66. The van der Waals surface area contributed by atoms with Gasteiger partial charge >= 0.3 is 5.97 Å². The second-order valence-corrected chi connectivity index (χ2v) is 9.86. The lowest BCUT2D eigenvalue weighted by Crippen LogP contribution is -2.28. The monoisotopic (exact) mass is 500 g/mol. The molecule has 5 heteroatoms. The van der Waals surface area contributed by atoms with E-state index in [0.717, 1.165) is 50.8 Å². The largest absolute Gasteiger partial charge is 0.478 e. The Hall–Kier alpha value is -4.64. The highest BCUT2D eigenvalue weighted by molar-refractivity contribution is 6.04. The summed E-state index contributed by atoms with van der Waals surface area (Å²) >= 11 is 0. The van der Waals surface area contributed by atoms with Crippen LogP contribution in [0.1, 0.15) is 56.8 Å². The second-order valence-electron chi connectivity index (χ2n) is 9.86. The van der Waals surface area contributed by atoms with E-state index >= 15 is 0 Å². The van der Waals surface area contributed by atoms with Gasteiger partial charge in [-0.1, -0.05) is 67.6 Å². The molecule has 0 radical (unpaired) electrons. The maximum Gasteiger partial charge on any atom is 0.336 e. The highest BCUT2D eigenvalue weighted by Gasteiger charge is 2.25. The van der Waals surface area contributed by atoms with E-state index in [1.165, 1.54) is 0 Å². The fourth-order valence-corrected chi connectivity index (χ4v) is 5.73. The first-order valence-electron chi connectivity index (χ1n) is 12.9. The quantitative estimate of drug-likeness (QED) is 0.262. The van der Waals surface area contributed by atoms with E-state index in [2.05, 4.69) is 28.9 Å². The molecule has 2 bridgehead atoms. The second kappa shape index (κ2) is 9.34. The van der Waals surface area contributed by atoms with Gasteiger partial charge in [0, 0.05) is 28.6 Å². The predicted octanol–water partition coefficient (Wildman–Crippen LogP) is 7.22. The first kappa shape index (κ1) is 23.7. The highest BCUT2D eigenvalue weighted by Crippen LogP contribution is 2.41. The van der Waals surface area contributed by atoms with E-state index in [-0.39, 0.29) is 17.5 Å². The first-order valence-corrected chi connectivity index (χ1v) is 12.9. The Morgan fingerprint density at radius 1 is 0.921 bits per heavy atom. The molecular formula is C33H28N2O3. The molecule has 1 atom stereocenters. The summed E-state index contributed by atoms with van der Waals surface area (Å²) in [5.41, 5.74) is 8.70. The lowest BCUT2D eigenvalue weighted by Gasteiger charge is -2.21. The molecule has 2 heterocycles. The van der Waals surface area contributed by atoms with Crippen LogP contribution < -0.4 is 5.32 Å². The topological polar surface area (TPSA) is 71.3 Å². The van der Waals surface area contributed by atoms with Crippen LogP contribution in [0.3, 0.4) is 0 Å². The molecule has 5 nitrogen and oxygen atoms in total. The number of hydrogen-bond acceptors (Lipinski definition) is 2. The number of carboxylic acids is 1. The number of nitrogens with one attached hydrogen (secondary N) is 1. The molecule has 0 aliphatic carbocycles. The average Bonchev–Trinajstić information content (AvgIpc) is 3.21.